The second-order valence-corrected chi connectivity index (χ2v) is 6.23. The lowest BCUT2D eigenvalue weighted by Gasteiger charge is -2.16. The Morgan fingerprint density at radius 1 is 0.950 bits per heavy atom. The van der Waals surface area contributed by atoms with Gasteiger partial charge in [0.05, 0.1) is 0 Å². The highest BCUT2D eigenvalue weighted by Gasteiger charge is 2.12. The molecule has 2 rings (SSSR count). The molecule has 0 spiro atoms. The van der Waals surface area contributed by atoms with E-state index in [-0.39, 0.29) is 0 Å². The van der Waals surface area contributed by atoms with Crippen LogP contribution >= 0.6 is 23.2 Å². The van der Waals surface area contributed by atoms with Gasteiger partial charge in [0.1, 0.15) is 0 Å². The van der Waals surface area contributed by atoms with Gasteiger partial charge in [-0.1, -0.05) is 59.1 Å². The van der Waals surface area contributed by atoms with Gasteiger partial charge in [0, 0.05) is 10.9 Å². The van der Waals surface area contributed by atoms with Crippen molar-refractivity contribution in [1.29, 1.82) is 0 Å². The van der Waals surface area contributed by atoms with Crippen LogP contribution in [-0.4, -0.2) is 5.88 Å². The Bertz CT molecular complexity index is 555. The fourth-order valence-electron chi connectivity index (χ4n) is 2.68. The maximum atomic E-state index is 6.24. The van der Waals surface area contributed by atoms with Gasteiger partial charge in [0.2, 0.25) is 0 Å². The summed E-state index contributed by atoms with van der Waals surface area (Å²) in [5.41, 5.74) is 5.17. The molecule has 0 bridgehead atoms. The second-order valence-electron chi connectivity index (χ2n) is 5.52. The molecule has 0 fully saturated rings. The van der Waals surface area contributed by atoms with Crippen molar-refractivity contribution in [3.05, 3.63) is 69.7 Å². The summed E-state index contributed by atoms with van der Waals surface area (Å²) in [7, 11) is 0. The van der Waals surface area contributed by atoms with Crippen molar-refractivity contribution in [2.24, 2.45) is 5.92 Å². The van der Waals surface area contributed by atoms with E-state index >= 15 is 0 Å². The molecule has 0 amide bonds. The van der Waals surface area contributed by atoms with E-state index < -0.39 is 0 Å². The van der Waals surface area contributed by atoms with Crippen LogP contribution in [0.2, 0.25) is 5.02 Å². The van der Waals surface area contributed by atoms with Crippen LogP contribution in [0.3, 0.4) is 0 Å². The maximum Gasteiger partial charge on any atom is 0.0438 e. The van der Waals surface area contributed by atoms with Gasteiger partial charge in [-0.2, -0.15) is 0 Å². The van der Waals surface area contributed by atoms with Crippen LogP contribution in [-0.2, 0) is 12.8 Å². The molecule has 20 heavy (non-hydrogen) atoms. The molecule has 0 saturated carbocycles. The number of alkyl halides is 1. The van der Waals surface area contributed by atoms with Gasteiger partial charge >= 0.3 is 0 Å². The Balaban J connectivity index is 2.11. The van der Waals surface area contributed by atoms with Crippen molar-refractivity contribution >= 4 is 23.2 Å². The van der Waals surface area contributed by atoms with Crippen molar-refractivity contribution in [2.75, 3.05) is 5.88 Å². The predicted octanol–water partition coefficient (Wildman–Crippen LogP) is 5.60. The quantitative estimate of drug-likeness (QED) is 0.631. The van der Waals surface area contributed by atoms with Crippen LogP contribution in [0, 0.1) is 19.8 Å². The molecule has 0 aromatic heterocycles. The van der Waals surface area contributed by atoms with Crippen LogP contribution in [0.5, 0.6) is 0 Å². The Morgan fingerprint density at radius 2 is 1.60 bits per heavy atom. The minimum Gasteiger partial charge on any atom is -0.126 e. The molecule has 1 unspecified atom stereocenters. The number of hydrogen-bond acceptors (Lipinski definition) is 0. The van der Waals surface area contributed by atoms with Crippen LogP contribution in [0.1, 0.15) is 22.3 Å². The van der Waals surface area contributed by atoms with Crippen LogP contribution < -0.4 is 0 Å². The van der Waals surface area contributed by atoms with Crippen molar-refractivity contribution < 1.29 is 0 Å². The lowest BCUT2D eigenvalue weighted by Crippen LogP contribution is -2.10. The molecule has 0 nitrogen and oxygen atoms in total. The summed E-state index contributed by atoms with van der Waals surface area (Å²) in [6.45, 7) is 4.28. The fourth-order valence-corrected chi connectivity index (χ4v) is 3.11. The molecule has 0 aliphatic rings. The molecular weight excluding hydrogens is 287 g/mol. The Kier molecular flexibility index (Phi) is 5.51. The Hall–Kier alpha value is -0.980. The third-order valence-corrected chi connectivity index (χ3v) is 4.30. The number of rotatable bonds is 5. The molecule has 2 aromatic carbocycles. The summed E-state index contributed by atoms with van der Waals surface area (Å²) in [6.07, 6.45) is 1.92. The van der Waals surface area contributed by atoms with E-state index in [0.717, 1.165) is 17.9 Å². The van der Waals surface area contributed by atoms with Crippen molar-refractivity contribution in [3.63, 3.8) is 0 Å². The summed E-state index contributed by atoms with van der Waals surface area (Å²) >= 11 is 12.4. The molecule has 0 radical (unpaired) electrons. The lowest BCUT2D eigenvalue weighted by molar-refractivity contribution is 0.583. The first kappa shape index (κ1) is 15.4. The third-order valence-electron chi connectivity index (χ3n) is 3.49. The summed E-state index contributed by atoms with van der Waals surface area (Å²) in [6, 6.07) is 14.7. The van der Waals surface area contributed by atoms with Crippen molar-refractivity contribution in [2.45, 2.75) is 26.7 Å². The standard InChI is InChI=1S/C18H20Cl2/c1-13-7-14(2)9-15(8-13)10-16(12-19)11-17-5-3-4-6-18(17)20/h3-9,16H,10-12H2,1-2H3. The highest BCUT2D eigenvalue weighted by molar-refractivity contribution is 6.31. The minimum absolute atomic E-state index is 0.415. The average molecular weight is 307 g/mol. The van der Waals surface area contributed by atoms with E-state index in [9.17, 15) is 0 Å². The van der Waals surface area contributed by atoms with Gasteiger partial charge in [-0.3, -0.25) is 0 Å². The zero-order chi connectivity index (χ0) is 14.5. The first-order valence-corrected chi connectivity index (χ1v) is 7.86. The van der Waals surface area contributed by atoms with Gasteiger partial charge in [-0.05, 0) is 49.8 Å². The molecule has 0 aliphatic carbocycles. The fraction of sp³-hybridized carbons (Fsp3) is 0.333. The van der Waals surface area contributed by atoms with Gasteiger partial charge in [0.15, 0.2) is 0 Å². The van der Waals surface area contributed by atoms with E-state index in [2.05, 4.69) is 38.1 Å². The summed E-state index contributed by atoms with van der Waals surface area (Å²) in [5.74, 6) is 1.07. The molecule has 0 saturated heterocycles. The normalized spacial score (nSPS) is 12.4. The number of halogens is 2. The van der Waals surface area contributed by atoms with Crippen LogP contribution in [0.25, 0.3) is 0 Å². The zero-order valence-electron chi connectivity index (χ0n) is 12.0. The minimum atomic E-state index is 0.415. The topological polar surface area (TPSA) is 0 Å². The number of hydrogen-bond donors (Lipinski definition) is 0. The SMILES string of the molecule is Cc1cc(C)cc(CC(CCl)Cc2ccccc2Cl)c1. The Morgan fingerprint density at radius 3 is 2.20 bits per heavy atom. The lowest BCUT2D eigenvalue weighted by atomic mass is 9.92. The zero-order valence-corrected chi connectivity index (χ0v) is 13.5. The van der Waals surface area contributed by atoms with Crippen molar-refractivity contribution in [1.82, 2.24) is 0 Å². The third kappa shape index (κ3) is 4.26. The molecule has 2 aromatic rings. The van der Waals surface area contributed by atoms with E-state index in [1.54, 1.807) is 0 Å². The van der Waals surface area contributed by atoms with Crippen LogP contribution in [0.4, 0.5) is 0 Å². The molecule has 0 heterocycles. The highest BCUT2D eigenvalue weighted by atomic mass is 35.5. The van der Waals surface area contributed by atoms with Crippen LogP contribution in [0.15, 0.2) is 42.5 Å². The van der Waals surface area contributed by atoms with Gasteiger partial charge in [0.25, 0.3) is 0 Å². The molecule has 0 aliphatic heterocycles. The smallest absolute Gasteiger partial charge is 0.0438 e. The van der Waals surface area contributed by atoms with Gasteiger partial charge in [-0.15, -0.1) is 11.6 Å². The highest BCUT2D eigenvalue weighted by Crippen LogP contribution is 2.22. The predicted molar refractivity (Wildman–Crippen MR) is 89.0 cm³/mol. The van der Waals surface area contributed by atoms with Crippen molar-refractivity contribution in [3.8, 4) is 0 Å². The largest absolute Gasteiger partial charge is 0.126 e. The van der Waals surface area contributed by atoms with Gasteiger partial charge < -0.3 is 0 Å². The first-order valence-electron chi connectivity index (χ1n) is 6.95. The van der Waals surface area contributed by atoms with E-state index in [4.69, 9.17) is 23.2 Å². The van der Waals surface area contributed by atoms with E-state index in [0.29, 0.717) is 11.8 Å². The van der Waals surface area contributed by atoms with E-state index in [1.165, 1.54) is 22.3 Å². The summed E-state index contributed by atoms with van der Waals surface area (Å²) in [4.78, 5) is 0. The molecule has 2 heteroatoms. The monoisotopic (exact) mass is 306 g/mol. The summed E-state index contributed by atoms with van der Waals surface area (Å²) in [5, 5.41) is 0.836. The Labute approximate surface area is 131 Å². The average Bonchev–Trinajstić information content (AvgIpc) is 2.39. The summed E-state index contributed by atoms with van der Waals surface area (Å²) < 4.78 is 0. The molecule has 1 atom stereocenters. The first-order chi connectivity index (χ1) is 9.58. The maximum absolute atomic E-state index is 6.24. The van der Waals surface area contributed by atoms with Gasteiger partial charge in [-0.25, -0.2) is 0 Å². The molecular formula is C18H20Cl2. The molecule has 0 N–H and O–H groups in total. The second kappa shape index (κ2) is 7.15. The number of benzene rings is 2. The van der Waals surface area contributed by atoms with E-state index in [1.807, 2.05) is 18.2 Å². The molecule has 106 valence electrons. The number of aryl methyl sites for hydroxylation is 2.